The van der Waals surface area contributed by atoms with Gasteiger partial charge in [-0.15, -0.1) is 0 Å². The Hall–Kier alpha value is -5.62. The van der Waals surface area contributed by atoms with Gasteiger partial charge in [0.15, 0.2) is 17.5 Å². The van der Waals surface area contributed by atoms with Crippen LogP contribution in [-0.4, -0.2) is 110 Å². The third kappa shape index (κ3) is 7.04. The van der Waals surface area contributed by atoms with Gasteiger partial charge in [0.2, 0.25) is 17.5 Å². The average molecular weight is 709 g/mol. The number of aromatic hydroxyl groups is 2. The summed E-state index contributed by atoms with van der Waals surface area (Å²) < 4.78 is 0. The molecule has 2 heterocycles. The van der Waals surface area contributed by atoms with Gasteiger partial charge >= 0.3 is 0 Å². The van der Waals surface area contributed by atoms with Crippen LogP contribution in [0.2, 0.25) is 0 Å². The molecule has 2 aromatic carbocycles. The number of nitrogens with zero attached hydrogens (tertiary/aromatic N) is 3. The molecule has 18 nitrogen and oxygen atoms in total. The Morgan fingerprint density at radius 1 is 0.804 bits per heavy atom. The minimum atomic E-state index is -2.84. The minimum absolute atomic E-state index is 0.00474. The second-order valence-corrected chi connectivity index (χ2v) is 13.2. The molecule has 2 aliphatic heterocycles. The molecule has 2 aromatic rings. The lowest BCUT2D eigenvalue weighted by Crippen LogP contribution is -2.71. The zero-order chi connectivity index (χ0) is 37.2. The van der Waals surface area contributed by atoms with Crippen molar-refractivity contribution in [3.63, 3.8) is 0 Å². The summed E-state index contributed by atoms with van der Waals surface area (Å²) in [4.78, 5) is 64.2. The van der Waals surface area contributed by atoms with E-state index in [2.05, 4.69) is 25.9 Å². The Kier molecular flexibility index (Phi) is 10.3. The van der Waals surface area contributed by atoms with Crippen molar-refractivity contribution in [1.82, 2.24) is 20.9 Å². The summed E-state index contributed by atoms with van der Waals surface area (Å²) in [5.41, 5.74) is 18.0. The lowest BCUT2D eigenvalue weighted by atomic mass is 9.59. The van der Waals surface area contributed by atoms with Crippen molar-refractivity contribution in [1.29, 1.82) is 0 Å². The number of nitrogens with one attached hydrogen (secondary N) is 3. The lowest BCUT2D eigenvalue weighted by Gasteiger charge is -2.53. The fraction of sp³-hybridized carbons (Fsp3) is 0.455. The van der Waals surface area contributed by atoms with Gasteiger partial charge in [0.25, 0.3) is 11.8 Å². The molecule has 2 saturated heterocycles. The van der Waals surface area contributed by atoms with Crippen molar-refractivity contribution in [2.45, 2.75) is 67.5 Å². The van der Waals surface area contributed by atoms with E-state index >= 15 is 0 Å². The van der Waals surface area contributed by atoms with E-state index in [1.807, 2.05) is 0 Å². The maximum Gasteiger partial charge on any atom is 0.274 e. The van der Waals surface area contributed by atoms with E-state index in [1.165, 1.54) is 31.2 Å². The molecular formula is C33H44N10O8. The van der Waals surface area contributed by atoms with Crippen LogP contribution in [0.4, 0.5) is 0 Å². The molecule has 5 rings (SSSR count). The highest BCUT2D eigenvalue weighted by Crippen LogP contribution is 2.51. The third-order valence-electron chi connectivity index (χ3n) is 9.93. The Morgan fingerprint density at radius 2 is 1.31 bits per heavy atom. The van der Waals surface area contributed by atoms with Gasteiger partial charge in [-0.05, 0) is 61.6 Å². The van der Waals surface area contributed by atoms with Crippen molar-refractivity contribution in [3.05, 3.63) is 59.7 Å². The van der Waals surface area contributed by atoms with Gasteiger partial charge in [0.05, 0.1) is 18.0 Å². The molecule has 1 saturated carbocycles. The standard InChI is InChI=1S/C33H44N10O8/c1-16-27(47)42-26-24(18-5-9-20(45)10-6-18)23(17-3-7-19(44)8-4-17)25(26)41-22(46)15-43-29(49)32(50,12-2-13-38-30(34)35)21(11-14-39-31(36)37)33(43,51)28(48)40-16/h3-10,16,21,23-26,44-45,50-51H,2,11-15H2,1H3,(H,40,48)(H,41,46)(H,42,47)(H4,34,35,38)(H4,36,37,39). The Bertz CT molecular complexity index is 1710. The number of hydrogen-bond donors (Lipinski definition) is 11. The van der Waals surface area contributed by atoms with Gasteiger partial charge < -0.3 is 59.3 Å². The normalized spacial score (nSPS) is 30.6. The highest BCUT2D eigenvalue weighted by atomic mass is 16.4. The molecule has 8 unspecified atom stereocenters. The highest BCUT2D eigenvalue weighted by molar-refractivity contribution is 6.01. The Morgan fingerprint density at radius 3 is 1.84 bits per heavy atom. The third-order valence-corrected chi connectivity index (χ3v) is 9.93. The van der Waals surface area contributed by atoms with Crippen LogP contribution in [-0.2, 0) is 19.2 Å². The van der Waals surface area contributed by atoms with Crippen LogP contribution in [0.15, 0.2) is 58.5 Å². The molecule has 18 heteroatoms. The molecule has 274 valence electrons. The first-order valence-electron chi connectivity index (χ1n) is 16.4. The smallest absolute Gasteiger partial charge is 0.274 e. The second-order valence-electron chi connectivity index (χ2n) is 13.2. The molecule has 0 aromatic heterocycles. The number of carbonyl (C=O) groups excluding carboxylic acids is 4. The first kappa shape index (κ1) is 36.7. The van der Waals surface area contributed by atoms with Crippen LogP contribution in [0, 0.1) is 5.92 Å². The topological polar surface area (TPSA) is 317 Å². The highest BCUT2D eigenvalue weighted by Gasteiger charge is 2.69. The molecular weight excluding hydrogens is 664 g/mol. The van der Waals surface area contributed by atoms with Gasteiger partial charge in [-0.2, -0.15) is 0 Å². The number of fused-ring (bicyclic) bond motifs is 2. The quantitative estimate of drug-likeness (QED) is 0.0708. The Balaban J connectivity index is 1.56. The number of carbonyl (C=O) groups is 4. The van der Waals surface area contributed by atoms with Gasteiger partial charge in [-0.3, -0.25) is 34.1 Å². The zero-order valence-corrected chi connectivity index (χ0v) is 27.9. The van der Waals surface area contributed by atoms with Crippen LogP contribution < -0.4 is 38.9 Å². The van der Waals surface area contributed by atoms with E-state index in [0.717, 1.165) is 5.56 Å². The first-order chi connectivity index (χ1) is 24.1. The number of rotatable bonds is 9. The fourth-order valence-electron chi connectivity index (χ4n) is 7.49. The number of phenols is 2. The summed E-state index contributed by atoms with van der Waals surface area (Å²) in [5, 5.41) is 52.5. The molecule has 51 heavy (non-hydrogen) atoms. The summed E-state index contributed by atoms with van der Waals surface area (Å²) in [7, 11) is 0. The number of guanidine groups is 2. The number of hydrogen-bond acceptors (Lipinski definition) is 10. The molecule has 1 aliphatic carbocycles. The van der Waals surface area contributed by atoms with E-state index in [9.17, 15) is 39.6 Å². The summed E-state index contributed by atoms with van der Waals surface area (Å²) in [6, 6.07) is 9.94. The predicted octanol–water partition coefficient (Wildman–Crippen LogP) is -2.94. The number of aliphatic imine (C=N–C) groups is 2. The van der Waals surface area contributed by atoms with Gasteiger partial charge in [-0.1, -0.05) is 24.3 Å². The fourth-order valence-corrected chi connectivity index (χ4v) is 7.49. The van der Waals surface area contributed by atoms with Crippen LogP contribution in [0.3, 0.4) is 0 Å². The average Bonchev–Trinajstić information content (AvgIpc) is 3.22. The van der Waals surface area contributed by atoms with Crippen LogP contribution in [0.1, 0.15) is 49.1 Å². The maximum atomic E-state index is 14.2. The monoisotopic (exact) mass is 708 g/mol. The van der Waals surface area contributed by atoms with E-state index < -0.39 is 77.4 Å². The zero-order valence-electron chi connectivity index (χ0n) is 27.9. The van der Waals surface area contributed by atoms with Crippen LogP contribution in [0.25, 0.3) is 0 Å². The minimum Gasteiger partial charge on any atom is -0.508 e. The number of benzene rings is 2. The first-order valence-corrected chi connectivity index (χ1v) is 16.4. The summed E-state index contributed by atoms with van der Waals surface area (Å²) in [6.07, 6.45) is -0.556. The van der Waals surface area contributed by atoms with E-state index in [0.29, 0.717) is 10.5 Å². The second kappa shape index (κ2) is 14.3. The largest absolute Gasteiger partial charge is 0.508 e. The van der Waals surface area contributed by atoms with Crippen molar-refractivity contribution in [2.75, 3.05) is 19.6 Å². The molecule has 8 atom stereocenters. The van der Waals surface area contributed by atoms with Gasteiger partial charge in [-0.25, -0.2) is 0 Å². The van der Waals surface area contributed by atoms with Crippen LogP contribution >= 0.6 is 0 Å². The van der Waals surface area contributed by atoms with Crippen molar-refractivity contribution in [3.8, 4) is 11.5 Å². The van der Waals surface area contributed by atoms with Gasteiger partial charge in [0.1, 0.15) is 24.1 Å². The molecule has 0 radical (unpaired) electrons. The number of aliphatic hydroxyl groups is 2. The lowest BCUT2D eigenvalue weighted by molar-refractivity contribution is -0.175. The number of amides is 4. The molecule has 0 bridgehead atoms. The summed E-state index contributed by atoms with van der Waals surface area (Å²) in [5.74, 6) is -6.76. The van der Waals surface area contributed by atoms with E-state index in [1.54, 1.807) is 24.3 Å². The van der Waals surface area contributed by atoms with Gasteiger partial charge in [0, 0.05) is 24.9 Å². The number of phenolic OH excluding ortho intramolecular Hbond substituents is 2. The molecule has 3 fully saturated rings. The molecule has 15 N–H and O–H groups in total. The molecule has 3 aliphatic rings. The van der Waals surface area contributed by atoms with Crippen molar-refractivity contribution in [2.24, 2.45) is 38.8 Å². The van der Waals surface area contributed by atoms with Crippen LogP contribution in [0.5, 0.6) is 11.5 Å². The maximum absolute atomic E-state index is 14.2. The molecule has 0 spiro atoms. The molecule has 4 amide bonds. The number of nitrogens with two attached hydrogens (primary N) is 4. The van der Waals surface area contributed by atoms with E-state index in [4.69, 9.17) is 22.9 Å². The summed E-state index contributed by atoms with van der Waals surface area (Å²) in [6.45, 7) is 0.331. The SMILES string of the molecule is CC1NC(=O)C2(O)C(CCN=C(N)N)C(O)(CCCN=C(N)N)C(=O)N2CC(=O)NC2C(NC1=O)C(c1ccc(O)cc1)C2c1ccc(O)cc1. The van der Waals surface area contributed by atoms with E-state index in [-0.39, 0.29) is 55.8 Å². The Labute approximate surface area is 293 Å². The predicted molar refractivity (Wildman–Crippen MR) is 183 cm³/mol. The van der Waals surface area contributed by atoms with Crippen molar-refractivity contribution >= 4 is 35.5 Å². The summed E-state index contributed by atoms with van der Waals surface area (Å²) >= 11 is 0. The van der Waals surface area contributed by atoms with Crippen molar-refractivity contribution < 1.29 is 39.6 Å².